The van der Waals surface area contributed by atoms with Gasteiger partial charge in [-0.1, -0.05) is 19.3 Å². The van der Waals surface area contributed by atoms with Crippen molar-refractivity contribution in [1.29, 1.82) is 0 Å². The molecule has 2 rings (SSSR count). The van der Waals surface area contributed by atoms with Crippen LogP contribution in [-0.4, -0.2) is 24.7 Å². The van der Waals surface area contributed by atoms with Crippen LogP contribution in [0.15, 0.2) is 0 Å². The number of nitrogens with one attached hydrogen (secondary N) is 2. The third-order valence-corrected chi connectivity index (χ3v) is 4.00. The van der Waals surface area contributed by atoms with Gasteiger partial charge in [0.1, 0.15) is 0 Å². The van der Waals surface area contributed by atoms with Crippen LogP contribution in [0.25, 0.3) is 0 Å². The highest BCUT2D eigenvalue weighted by molar-refractivity contribution is 4.93. The molecule has 1 heterocycles. The van der Waals surface area contributed by atoms with Crippen LogP contribution in [0.1, 0.15) is 52.4 Å². The third-order valence-electron chi connectivity index (χ3n) is 4.00. The lowest BCUT2D eigenvalue weighted by Gasteiger charge is -2.24. The van der Waals surface area contributed by atoms with Crippen LogP contribution in [0.2, 0.25) is 0 Å². The molecule has 1 saturated carbocycles. The maximum absolute atomic E-state index is 3.74. The van der Waals surface area contributed by atoms with Crippen molar-refractivity contribution in [2.24, 2.45) is 5.92 Å². The largest absolute Gasteiger partial charge is 0.312 e. The van der Waals surface area contributed by atoms with Gasteiger partial charge in [0, 0.05) is 18.1 Å². The van der Waals surface area contributed by atoms with Gasteiger partial charge in [0.2, 0.25) is 0 Å². The van der Waals surface area contributed by atoms with Crippen LogP contribution in [-0.2, 0) is 0 Å². The van der Waals surface area contributed by atoms with Crippen molar-refractivity contribution in [3.05, 3.63) is 0 Å². The number of hydrogen-bond acceptors (Lipinski definition) is 2. The number of rotatable bonds is 3. The van der Waals surface area contributed by atoms with Crippen molar-refractivity contribution in [3.8, 4) is 0 Å². The van der Waals surface area contributed by atoms with E-state index in [4.69, 9.17) is 0 Å². The molecule has 0 amide bonds. The minimum Gasteiger partial charge on any atom is -0.312 e. The molecule has 0 bridgehead atoms. The van der Waals surface area contributed by atoms with Crippen molar-refractivity contribution in [1.82, 2.24) is 10.6 Å². The fourth-order valence-corrected chi connectivity index (χ4v) is 3.03. The predicted molar refractivity (Wildman–Crippen MR) is 65.1 cm³/mol. The van der Waals surface area contributed by atoms with Gasteiger partial charge in [0.05, 0.1) is 0 Å². The lowest BCUT2D eigenvalue weighted by Crippen LogP contribution is -2.35. The topological polar surface area (TPSA) is 24.1 Å². The van der Waals surface area contributed by atoms with Gasteiger partial charge in [-0.05, 0) is 45.6 Å². The van der Waals surface area contributed by atoms with E-state index < -0.39 is 0 Å². The maximum Gasteiger partial charge on any atom is 0.0210 e. The Hall–Kier alpha value is -0.0800. The monoisotopic (exact) mass is 210 g/mol. The first-order valence-corrected chi connectivity index (χ1v) is 6.64. The van der Waals surface area contributed by atoms with Crippen molar-refractivity contribution in [2.75, 3.05) is 13.1 Å². The first kappa shape index (κ1) is 11.4. The molecule has 88 valence electrons. The zero-order valence-electron chi connectivity index (χ0n) is 10.3. The Labute approximate surface area is 94.2 Å². The molecule has 0 spiro atoms. The van der Waals surface area contributed by atoms with Crippen LogP contribution < -0.4 is 10.6 Å². The van der Waals surface area contributed by atoms with Crippen molar-refractivity contribution >= 4 is 0 Å². The van der Waals surface area contributed by atoms with E-state index in [0.29, 0.717) is 11.6 Å². The summed E-state index contributed by atoms with van der Waals surface area (Å²) in [6.07, 6.45) is 8.57. The Morgan fingerprint density at radius 1 is 1.20 bits per heavy atom. The van der Waals surface area contributed by atoms with Gasteiger partial charge in [0.25, 0.3) is 0 Å². The highest BCUT2D eigenvalue weighted by Gasteiger charge is 2.30. The van der Waals surface area contributed by atoms with Crippen LogP contribution in [0.3, 0.4) is 0 Å². The fraction of sp³-hybridized carbons (Fsp3) is 1.00. The summed E-state index contributed by atoms with van der Waals surface area (Å²) in [4.78, 5) is 0. The smallest absolute Gasteiger partial charge is 0.0210 e. The molecule has 0 radical (unpaired) electrons. The summed E-state index contributed by atoms with van der Waals surface area (Å²) >= 11 is 0. The molecular weight excluding hydrogens is 184 g/mol. The Bertz CT molecular complexity index is 195. The second kappa shape index (κ2) is 4.84. The minimum absolute atomic E-state index is 0.351. The lowest BCUT2D eigenvalue weighted by molar-refractivity contribution is 0.327. The molecule has 1 aliphatic carbocycles. The summed E-state index contributed by atoms with van der Waals surface area (Å²) < 4.78 is 0. The summed E-state index contributed by atoms with van der Waals surface area (Å²) in [7, 11) is 0. The molecule has 0 aromatic heterocycles. The second-order valence-corrected chi connectivity index (χ2v) is 6.08. The fourth-order valence-electron chi connectivity index (χ4n) is 3.03. The third kappa shape index (κ3) is 3.46. The van der Waals surface area contributed by atoms with Crippen LogP contribution in [0.5, 0.6) is 0 Å². The van der Waals surface area contributed by atoms with E-state index >= 15 is 0 Å². The van der Waals surface area contributed by atoms with Gasteiger partial charge in [-0.3, -0.25) is 0 Å². The van der Waals surface area contributed by atoms with Gasteiger partial charge >= 0.3 is 0 Å². The molecule has 1 saturated heterocycles. The Balaban J connectivity index is 1.65. The SMILES string of the molecule is CC1(C)CC(NCC2CCCCC2)CN1. The molecule has 2 aliphatic rings. The van der Waals surface area contributed by atoms with E-state index in [1.165, 1.54) is 45.1 Å². The number of hydrogen-bond donors (Lipinski definition) is 2. The first-order valence-electron chi connectivity index (χ1n) is 6.64. The minimum atomic E-state index is 0.351. The molecule has 2 N–H and O–H groups in total. The van der Waals surface area contributed by atoms with E-state index in [-0.39, 0.29) is 0 Å². The van der Waals surface area contributed by atoms with E-state index in [2.05, 4.69) is 24.5 Å². The average molecular weight is 210 g/mol. The van der Waals surface area contributed by atoms with E-state index in [0.717, 1.165) is 12.5 Å². The van der Waals surface area contributed by atoms with Crippen molar-refractivity contribution in [3.63, 3.8) is 0 Å². The highest BCUT2D eigenvalue weighted by Crippen LogP contribution is 2.24. The summed E-state index contributed by atoms with van der Waals surface area (Å²) in [5.74, 6) is 0.961. The van der Waals surface area contributed by atoms with Crippen LogP contribution in [0, 0.1) is 5.92 Å². The van der Waals surface area contributed by atoms with Gasteiger partial charge < -0.3 is 10.6 Å². The molecular formula is C13H26N2. The molecule has 1 atom stereocenters. The van der Waals surface area contributed by atoms with Gasteiger partial charge in [-0.15, -0.1) is 0 Å². The molecule has 1 aliphatic heterocycles. The van der Waals surface area contributed by atoms with E-state index in [9.17, 15) is 0 Å². The summed E-state index contributed by atoms with van der Waals surface area (Å²) in [6, 6.07) is 0.710. The second-order valence-electron chi connectivity index (χ2n) is 6.08. The predicted octanol–water partition coefficient (Wildman–Crippen LogP) is 2.30. The molecule has 1 unspecified atom stereocenters. The van der Waals surface area contributed by atoms with Crippen molar-refractivity contribution < 1.29 is 0 Å². The first-order chi connectivity index (χ1) is 7.16. The summed E-state index contributed by atoms with van der Waals surface area (Å²) in [5.41, 5.74) is 0.351. The van der Waals surface area contributed by atoms with E-state index in [1.807, 2.05) is 0 Å². The normalized spacial score (nSPS) is 32.0. The Morgan fingerprint density at radius 2 is 1.93 bits per heavy atom. The van der Waals surface area contributed by atoms with E-state index in [1.54, 1.807) is 0 Å². The van der Waals surface area contributed by atoms with Gasteiger partial charge in [-0.2, -0.15) is 0 Å². The van der Waals surface area contributed by atoms with Crippen molar-refractivity contribution in [2.45, 2.75) is 64.0 Å². The molecule has 0 aromatic rings. The quantitative estimate of drug-likeness (QED) is 0.747. The Morgan fingerprint density at radius 3 is 2.53 bits per heavy atom. The lowest BCUT2D eigenvalue weighted by atomic mass is 9.89. The van der Waals surface area contributed by atoms with Gasteiger partial charge in [0.15, 0.2) is 0 Å². The van der Waals surface area contributed by atoms with Crippen LogP contribution >= 0.6 is 0 Å². The highest BCUT2D eigenvalue weighted by atomic mass is 15.1. The molecule has 15 heavy (non-hydrogen) atoms. The molecule has 2 fully saturated rings. The average Bonchev–Trinajstić information content (AvgIpc) is 2.57. The van der Waals surface area contributed by atoms with Crippen LogP contribution in [0.4, 0.5) is 0 Å². The summed E-state index contributed by atoms with van der Waals surface area (Å²) in [5, 5.41) is 7.32. The zero-order chi connectivity index (χ0) is 10.7. The molecule has 0 aromatic carbocycles. The molecule has 2 heteroatoms. The standard InChI is InChI=1S/C13H26N2/c1-13(2)8-12(10-15-13)14-9-11-6-4-3-5-7-11/h11-12,14-15H,3-10H2,1-2H3. The summed E-state index contributed by atoms with van der Waals surface area (Å²) in [6.45, 7) is 7.01. The zero-order valence-corrected chi connectivity index (χ0v) is 10.3. The molecule has 2 nitrogen and oxygen atoms in total. The maximum atomic E-state index is 3.74. The van der Waals surface area contributed by atoms with Gasteiger partial charge in [-0.25, -0.2) is 0 Å². The Kier molecular flexibility index (Phi) is 3.68.